The number of carbonyl (C=O) groups is 2. The van der Waals surface area contributed by atoms with Crippen molar-refractivity contribution in [2.75, 3.05) is 6.54 Å². The average molecular weight is 259 g/mol. The molecule has 1 aliphatic rings. The van der Waals surface area contributed by atoms with E-state index in [4.69, 9.17) is 4.74 Å². The zero-order valence-corrected chi connectivity index (χ0v) is 11.4. The Labute approximate surface area is 107 Å². The van der Waals surface area contributed by atoms with Crippen LogP contribution in [0.4, 0.5) is 4.79 Å². The van der Waals surface area contributed by atoms with Crippen molar-refractivity contribution in [1.29, 1.82) is 0 Å². The first-order valence-electron chi connectivity index (χ1n) is 5.87. The molecule has 1 saturated heterocycles. The Kier molecular flexibility index (Phi) is 3.63. The molecule has 0 saturated carbocycles. The van der Waals surface area contributed by atoms with Gasteiger partial charge in [0.05, 0.1) is 12.6 Å². The molecule has 0 aromatic carbocycles. The van der Waals surface area contributed by atoms with Crippen molar-refractivity contribution in [1.82, 2.24) is 4.90 Å². The first-order chi connectivity index (χ1) is 7.97. The summed E-state index contributed by atoms with van der Waals surface area (Å²) in [5.74, 6) is -1.14. The van der Waals surface area contributed by atoms with Gasteiger partial charge in [0.25, 0.3) is 0 Å². The highest BCUT2D eigenvalue weighted by molar-refractivity contribution is 5.82. The first-order valence-corrected chi connectivity index (χ1v) is 5.87. The number of carboxylic acids is 1. The fourth-order valence-corrected chi connectivity index (χ4v) is 2.06. The highest BCUT2D eigenvalue weighted by Gasteiger charge is 2.54. The van der Waals surface area contributed by atoms with Crippen LogP contribution in [-0.2, 0) is 9.53 Å². The second-order valence-corrected chi connectivity index (χ2v) is 6.21. The summed E-state index contributed by atoms with van der Waals surface area (Å²) in [6.07, 6.45) is -1.59. The van der Waals surface area contributed by atoms with Crippen molar-refractivity contribution >= 4 is 12.1 Å². The van der Waals surface area contributed by atoms with E-state index < -0.39 is 35.2 Å². The van der Waals surface area contributed by atoms with Crippen LogP contribution in [0.25, 0.3) is 0 Å². The molecule has 0 aromatic heterocycles. The number of amides is 1. The number of carboxylic acid groups (broad SMARTS) is 1. The van der Waals surface area contributed by atoms with Gasteiger partial charge < -0.3 is 14.9 Å². The molecule has 18 heavy (non-hydrogen) atoms. The molecule has 2 N–H and O–H groups in total. The molecule has 1 amide bonds. The van der Waals surface area contributed by atoms with Crippen molar-refractivity contribution < 1.29 is 24.5 Å². The van der Waals surface area contributed by atoms with Gasteiger partial charge in [-0.3, -0.25) is 4.90 Å². The molecule has 1 heterocycles. The van der Waals surface area contributed by atoms with E-state index in [0.717, 1.165) is 4.90 Å². The van der Waals surface area contributed by atoms with Crippen LogP contribution in [0, 0.1) is 5.41 Å². The predicted octanol–water partition coefficient (Wildman–Crippen LogP) is 1.08. The maximum absolute atomic E-state index is 11.9. The molecule has 0 aliphatic carbocycles. The molecular weight excluding hydrogens is 238 g/mol. The molecule has 2 atom stereocenters. The smallest absolute Gasteiger partial charge is 0.411 e. The van der Waals surface area contributed by atoms with E-state index in [9.17, 15) is 19.8 Å². The van der Waals surface area contributed by atoms with Crippen LogP contribution in [0.3, 0.4) is 0 Å². The summed E-state index contributed by atoms with van der Waals surface area (Å²) in [5.41, 5.74) is -1.60. The van der Waals surface area contributed by atoms with Gasteiger partial charge in [-0.25, -0.2) is 9.59 Å². The van der Waals surface area contributed by atoms with Crippen LogP contribution in [0.2, 0.25) is 0 Å². The molecule has 6 heteroatoms. The van der Waals surface area contributed by atoms with E-state index in [2.05, 4.69) is 0 Å². The number of ether oxygens (including phenoxy) is 1. The Morgan fingerprint density at radius 3 is 2.22 bits per heavy atom. The van der Waals surface area contributed by atoms with Crippen molar-refractivity contribution in [2.24, 2.45) is 5.41 Å². The minimum Gasteiger partial charge on any atom is -0.480 e. The van der Waals surface area contributed by atoms with Gasteiger partial charge in [0, 0.05) is 5.41 Å². The maximum Gasteiger partial charge on any atom is 0.411 e. The SMILES string of the molecule is CC(C)(C)OC(=O)N1C[C@H](O)C(C)(C)[C@H]1C(=O)O. The lowest BCUT2D eigenvalue weighted by atomic mass is 9.82. The lowest BCUT2D eigenvalue weighted by molar-refractivity contribution is -0.145. The summed E-state index contributed by atoms with van der Waals surface area (Å²) < 4.78 is 5.16. The third kappa shape index (κ3) is 2.75. The Morgan fingerprint density at radius 2 is 1.83 bits per heavy atom. The van der Waals surface area contributed by atoms with Crippen molar-refractivity contribution in [3.63, 3.8) is 0 Å². The first kappa shape index (κ1) is 14.8. The lowest BCUT2D eigenvalue weighted by Crippen LogP contribution is -2.48. The summed E-state index contributed by atoms with van der Waals surface area (Å²) in [6.45, 7) is 8.34. The van der Waals surface area contributed by atoms with Gasteiger partial charge in [0.1, 0.15) is 11.6 Å². The van der Waals surface area contributed by atoms with E-state index in [1.165, 1.54) is 0 Å². The Balaban J connectivity index is 2.96. The van der Waals surface area contributed by atoms with Crippen LogP contribution in [-0.4, -0.2) is 51.5 Å². The predicted molar refractivity (Wildman–Crippen MR) is 64.2 cm³/mol. The molecule has 1 rings (SSSR count). The van der Waals surface area contributed by atoms with Gasteiger partial charge in [-0.2, -0.15) is 0 Å². The van der Waals surface area contributed by atoms with Gasteiger partial charge in [-0.05, 0) is 20.8 Å². The number of aliphatic carboxylic acids is 1. The molecule has 1 aliphatic heterocycles. The number of hydrogen-bond donors (Lipinski definition) is 2. The summed E-state index contributed by atoms with van der Waals surface area (Å²) in [5, 5.41) is 19.1. The van der Waals surface area contributed by atoms with E-state index in [0.29, 0.717) is 0 Å². The number of rotatable bonds is 1. The highest BCUT2D eigenvalue weighted by atomic mass is 16.6. The zero-order chi connectivity index (χ0) is 14.3. The zero-order valence-electron chi connectivity index (χ0n) is 11.4. The Bertz CT molecular complexity index is 358. The van der Waals surface area contributed by atoms with Crippen molar-refractivity contribution in [2.45, 2.75) is 52.4 Å². The molecule has 0 unspecified atom stereocenters. The van der Waals surface area contributed by atoms with Crippen molar-refractivity contribution in [3.05, 3.63) is 0 Å². The standard InChI is InChI=1S/C12H21NO5/c1-11(2,3)18-10(17)13-6-7(14)12(4,5)8(13)9(15)16/h7-8,14H,6H2,1-5H3,(H,15,16)/t7-,8+/m0/s1. The molecule has 0 spiro atoms. The summed E-state index contributed by atoms with van der Waals surface area (Å²) in [6, 6.07) is -1.08. The van der Waals surface area contributed by atoms with Gasteiger partial charge in [0.2, 0.25) is 0 Å². The van der Waals surface area contributed by atoms with Crippen LogP contribution in [0.1, 0.15) is 34.6 Å². The number of carbonyl (C=O) groups excluding carboxylic acids is 1. The summed E-state index contributed by atoms with van der Waals surface area (Å²) in [4.78, 5) is 24.3. The fraction of sp³-hybridized carbons (Fsp3) is 0.833. The number of β-amino-alcohol motifs (C(OH)–C–C–N with tert-alkyl or cyclic N) is 1. The van der Waals surface area contributed by atoms with Crippen LogP contribution < -0.4 is 0 Å². The van der Waals surface area contributed by atoms with Gasteiger partial charge in [-0.15, -0.1) is 0 Å². The number of nitrogens with zero attached hydrogens (tertiary/aromatic N) is 1. The third-order valence-electron chi connectivity index (χ3n) is 3.11. The van der Waals surface area contributed by atoms with Crippen molar-refractivity contribution in [3.8, 4) is 0 Å². The quantitative estimate of drug-likeness (QED) is 0.735. The van der Waals surface area contributed by atoms with E-state index in [-0.39, 0.29) is 6.54 Å². The number of aliphatic hydroxyl groups is 1. The minimum atomic E-state index is -1.14. The molecular formula is C12H21NO5. The largest absolute Gasteiger partial charge is 0.480 e. The van der Waals surface area contributed by atoms with Crippen LogP contribution in [0.15, 0.2) is 0 Å². The number of hydrogen-bond acceptors (Lipinski definition) is 4. The maximum atomic E-state index is 11.9. The monoisotopic (exact) mass is 259 g/mol. The summed E-state index contributed by atoms with van der Waals surface area (Å²) in [7, 11) is 0. The van der Waals surface area contributed by atoms with Gasteiger partial charge in [0.15, 0.2) is 0 Å². The lowest BCUT2D eigenvalue weighted by Gasteiger charge is -2.31. The minimum absolute atomic E-state index is 0.0289. The second kappa shape index (κ2) is 4.42. The molecule has 0 bridgehead atoms. The third-order valence-corrected chi connectivity index (χ3v) is 3.11. The molecule has 6 nitrogen and oxygen atoms in total. The Morgan fingerprint density at radius 1 is 1.33 bits per heavy atom. The Hall–Kier alpha value is -1.30. The fourth-order valence-electron chi connectivity index (χ4n) is 2.06. The average Bonchev–Trinajstić information content (AvgIpc) is 2.35. The number of aliphatic hydroxyl groups excluding tert-OH is 1. The van der Waals surface area contributed by atoms with Gasteiger partial charge >= 0.3 is 12.1 Å². The van der Waals surface area contributed by atoms with E-state index in [1.54, 1.807) is 34.6 Å². The number of likely N-dealkylation sites (tertiary alicyclic amines) is 1. The topological polar surface area (TPSA) is 87.1 Å². The summed E-state index contributed by atoms with van der Waals surface area (Å²) >= 11 is 0. The van der Waals surface area contributed by atoms with Crippen LogP contribution in [0.5, 0.6) is 0 Å². The second-order valence-electron chi connectivity index (χ2n) is 6.21. The molecule has 104 valence electrons. The molecule has 0 aromatic rings. The van der Waals surface area contributed by atoms with Crippen LogP contribution >= 0.6 is 0 Å². The van der Waals surface area contributed by atoms with E-state index >= 15 is 0 Å². The molecule has 0 radical (unpaired) electrons. The van der Waals surface area contributed by atoms with Gasteiger partial charge in [-0.1, -0.05) is 13.8 Å². The normalized spacial score (nSPS) is 27.1. The molecule has 1 fully saturated rings. The van der Waals surface area contributed by atoms with E-state index in [1.807, 2.05) is 0 Å². The highest BCUT2D eigenvalue weighted by Crippen LogP contribution is 2.37.